The zero-order chi connectivity index (χ0) is 26.7. The first-order chi connectivity index (χ1) is 16.8. The minimum atomic E-state index is -2.03. The summed E-state index contributed by atoms with van der Waals surface area (Å²) >= 11 is 0. The number of allylic oxidation sites excluding steroid dienone is 4. The van der Waals surface area contributed by atoms with Gasteiger partial charge in [0.1, 0.15) is 12.7 Å². The SMILES string of the molecule is CCC(=O)O[C@H]1C[C@@]2(C)[C@@H](C[C@H](C)[C@]2(OC(=O)CC)C(=O)CO)[C@@H]2CCC3=CC(=O)C=C[C@]3(C)[C@@]12F. The number of fused-ring (bicyclic) bond motifs is 5. The maximum absolute atomic E-state index is 17.9. The second-order valence-electron chi connectivity index (χ2n) is 11.4. The molecule has 4 aliphatic rings. The van der Waals surface area contributed by atoms with Gasteiger partial charge in [0.05, 0.1) is 0 Å². The minimum Gasteiger partial charge on any atom is -0.459 e. The number of hydrogen-bond acceptors (Lipinski definition) is 7. The molecule has 1 N–H and O–H groups in total. The van der Waals surface area contributed by atoms with Gasteiger partial charge in [0.2, 0.25) is 5.78 Å². The van der Waals surface area contributed by atoms with Crippen LogP contribution in [0, 0.1) is 28.6 Å². The van der Waals surface area contributed by atoms with Crippen LogP contribution >= 0.6 is 0 Å². The molecule has 8 heteroatoms. The Balaban J connectivity index is 1.92. The maximum Gasteiger partial charge on any atom is 0.306 e. The van der Waals surface area contributed by atoms with Gasteiger partial charge in [-0.2, -0.15) is 0 Å². The second kappa shape index (κ2) is 8.89. The lowest BCUT2D eigenvalue weighted by molar-refractivity contribution is -0.236. The number of hydrogen-bond donors (Lipinski definition) is 1. The van der Waals surface area contributed by atoms with Crippen LogP contribution in [0.15, 0.2) is 23.8 Å². The highest BCUT2D eigenvalue weighted by atomic mass is 19.1. The molecule has 4 rings (SSSR count). The Labute approximate surface area is 211 Å². The fourth-order valence-electron chi connectivity index (χ4n) is 8.10. The highest BCUT2D eigenvalue weighted by Gasteiger charge is 2.78. The largest absolute Gasteiger partial charge is 0.459 e. The Hall–Kier alpha value is -2.35. The van der Waals surface area contributed by atoms with Crippen molar-refractivity contribution in [1.29, 1.82) is 0 Å². The van der Waals surface area contributed by atoms with Crippen molar-refractivity contribution in [2.75, 3.05) is 6.61 Å². The topological polar surface area (TPSA) is 107 Å². The third-order valence-electron chi connectivity index (χ3n) is 9.84. The number of ketones is 2. The average Bonchev–Trinajstić information content (AvgIpc) is 3.06. The zero-order valence-corrected chi connectivity index (χ0v) is 21.8. The molecule has 0 unspecified atom stereocenters. The van der Waals surface area contributed by atoms with Crippen molar-refractivity contribution in [3.05, 3.63) is 23.8 Å². The molecule has 7 nitrogen and oxygen atoms in total. The number of carbonyl (C=O) groups excluding carboxylic acids is 4. The van der Waals surface area contributed by atoms with E-state index in [1.807, 2.05) is 13.8 Å². The van der Waals surface area contributed by atoms with E-state index in [-0.39, 0.29) is 31.0 Å². The van der Waals surface area contributed by atoms with Gasteiger partial charge in [-0.05, 0) is 50.7 Å². The molecule has 8 atom stereocenters. The molecule has 0 bridgehead atoms. The summed E-state index contributed by atoms with van der Waals surface area (Å²) in [6, 6.07) is 0. The molecule has 0 aromatic heterocycles. The summed E-state index contributed by atoms with van der Waals surface area (Å²) in [6.45, 7) is 7.82. The first-order valence-corrected chi connectivity index (χ1v) is 13.0. The van der Waals surface area contributed by atoms with Gasteiger partial charge in [-0.3, -0.25) is 19.2 Å². The Morgan fingerprint density at radius 2 is 1.81 bits per heavy atom. The van der Waals surface area contributed by atoms with E-state index in [0.29, 0.717) is 24.8 Å². The Morgan fingerprint density at radius 1 is 1.14 bits per heavy atom. The average molecular weight is 505 g/mol. The summed E-state index contributed by atoms with van der Waals surface area (Å²) in [7, 11) is 0. The standard InChI is InChI=1S/C28H37FO7/c1-6-23(33)35-22-14-26(5)20(12-16(3)28(26,21(32)15-30)36-24(34)7-2)19-9-8-17-13-18(31)10-11-25(17,4)27(19,22)29/h10-11,13,16,19-20,22,30H,6-9,12,14-15H2,1-5H3/t16-,19-,20-,22-,25-,26-,27-,28-/m0/s1. The van der Waals surface area contributed by atoms with Gasteiger partial charge in [0.15, 0.2) is 17.1 Å². The number of aliphatic hydroxyl groups excluding tert-OH is 1. The summed E-state index contributed by atoms with van der Waals surface area (Å²) in [4.78, 5) is 50.8. The van der Waals surface area contributed by atoms with E-state index in [4.69, 9.17) is 9.47 Å². The summed E-state index contributed by atoms with van der Waals surface area (Å²) in [5.74, 6) is -3.41. The lowest BCUT2D eigenvalue weighted by Crippen LogP contribution is -2.70. The molecule has 0 amide bonds. The molecule has 0 aliphatic heterocycles. The molecule has 198 valence electrons. The molecule has 0 aromatic carbocycles. The fourth-order valence-corrected chi connectivity index (χ4v) is 8.10. The number of alkyl halides is 1. The van der Waals surface area contributed by atoms with Crippen molar-refractivity contribution < 1.29 is 38.1 Å². The zero-order valence-electron chi connectivity index (χ0n) is 21.8. The van der Waals surface area contributed by atoms with Crippen molar-refractivity contribution in [1.82, 2.24) is 0 Å². The molecule has 4 aliphatic carbocycles. The number of rotatable bonds is 6. The van der Waals surface area contributed by atoms with Gasteiger partial charge >= 0.3 is 11.9 Å². The van der Waals surface area contributed by atoms with Crippen LogP contribution in [0.2, 0.25) is 0 Å². The summed E-state index contributed by atoms with van der Waals surface area (Å²) in [5, 5.41) is 9.97. The molecule has 0 heterocycles. The van der Waals surface area contributed by atoms with E-state index in [0.717, 1.165) is 0 Å². The fraction of sp³-hybridized carbons (Fsp3) is 0.714. The monoisotopic (exact) mass is 504 g/mol. The number of ether oxygens (including phenoxy) is 2. The minimum absolute atomic E-state index is 0.0453. The van der Waals surface area contributed by atoms with Gasteiger partial charge in [-0.15, -0.1) is 0 Å². The lowest BCUT2D eigenvalue weighted by atomic mass is 9.44. The number of esters is 2. The summed E-state index contributed by atoms with van der Waals surface area (Å²) in [6.07, 6.45) is 4.59. The van der Waals surface area contributed by atoms with Crippen LogP contribution in [0.4, 0.5) is 4.39 Å². The van der Waals surface area contributed by atoms with E-state index in [2.05, 4.69) is 0 Å². The molecular weight excluding hydrogens is 467 g/mol. The quantitative estimate of drug-likeness (QED) is 0.548. The number of Topliss-reactive ketones (excluding diaryl/α,β-unsaturated/α-hetero) is 1. The molecule has 0 aromatic rings. The molecule has 3 saturated carbocycles. The van der Waals surface area contributed by atoms with Gasteiger partial charge in [-0.1, -0.05) is 39.3 Å². The normalized spacial score (nSPS) is 43.1. The first-order valence-electron chi connectivity index (χ1n) is 13.0. The molecule has 0 saturated heterocycles. The third-order valence-corrected chi connectivity index (χ3v) is 9.84. The van der Waals surface area contributed by atoms with Gasteiger partial charge in [0, 0.05) is 35.5 Å². The van der Waals surface area contributed by atoms with Gasteiger partial charge < -0.3 is 14.6 Å². The van der Waals surface area contributed by atoms with Crippen LogP contribution in [-0.2, 0) is 28.7 Å². The van der Waals surface area contributed by atoms with E-state index >= 15 is 4.39 Å². The predicted octanol–water partition coefficient (Wildman–Crippen LogP) is 3.82. The Bertz CT molecular complexity index is 1050. The number of aliphatic hydroxyl groups is 1. The molecular formula is C28H37FO7. The first kappa shape index (κ1) is 26.7. The summed E-state index contributed by atoms with van der Waals surface area (Å²) in [5.41, 5.74) is -5.25. The van der Waals surface area contributed by atoms with E-state index in [1.165, 1.54) is 12.2 Å². The van der Waals surface area contributed by atoms with Crippen molar-refractivity contribution in [3.63, 3.8) is 0 Å². The Kier molecular flexibility index (Phi) is 6.60. The predicted molar refractivity (Wildman–Crippen MR) is 128 cm³/mol. The van der Waals surface area contributed by atoms with Gasteiger partial charge in [0.25, 0.3) is 0 Å². The van der Waals surface area contributed by atoms with Crippen LogP contribution in [0.5, 0.6) is 0 Å². The van der Waals surface area contributed by atoms with E-state index < -0.39 is 64.4 Å². The van der Waals surface area contributed by atoms with E-state index in [9.17, 15) is 24.3 Å². The van der Waals surface area contributed by atoms with Crippen molar-refractivity contribution in [3.8, 4) is 0 Å². The van der Waals surface area contributed by atoms with Crippen LogP contribution < -0.4 is 0 Å². The number of halogens is 1. The molecule has 0 spiro atoms. The Morgan fingerprint density at radius 3 is 2.42 bits per heavy atom. The van der Waals surface area contributed by atoms with Crippen LogP contribution in [0.25, 0.3) is 0 Å². The smallest absolute Gasteiger partial charge is 0.306 e. The molecule has 0 radical (unpaired) electrons. The third kappa shape index (κ3) is 3.32. The molecule has 3 fully saturated rings. The van der Waals surface area contributed by atoms with Crippen molar-refractivity contribution >= 4 is 23.5 Å². The lowest BCUT2D eigenvalue weighted by Gasteiger charge is -2.63. The second-order valence-corrected chi connectivity index (χ2v) is 11.4. The van der Waals surface area contributed by atoms with Crippen LogP contribution in [-0.4, -0.2) is 52.6 Å². The van der Waals surface area contributed by atoms with Gasteiger partial charge in [-0.25, -0.2) is 4.39 Å². The highest BCUT2D eigenvalue weighted by Crippen LogP contribution is 2.72. The highest BCUT2D eigenvalue weighted by molar-refractivity contribution is 6.01. The maximum atomic E-state index is 17.9. The summed E-state index contributed by atoms with van der Waals surface area (Å²) < 4.78 is 29.7. The van der Waals surface area contributed by atoms with E-state index in [1.54, 1.807) is 26.8 Å². The molecule has 36 heavy (non-hydrogen) atoms. The number of carbonyl (C=O) groups is 4. The van der Waals surface area contributed by atoms with Crippen molar-refractivity contribution in [2.24, 2.45) is 28.6 Å². The van der Waals surface area contributed by atoms with Crippen molar-refractivity contribution in [2.45, 2.75) is 90.5 Å². The van der Waals surface area contributed by atoms with Crippen LogP contribution in [0.3, 0.4) is 0 Å². The van der Waals surface area contributed by atoms with Crippen LogP contribution in [0.1, 0.15) is 73.1 Å².